The predicted octanol–water partition coefficient (Wildman–Crippen LogP) is 3.09. The van der Waals surface area contributed by atoms with Crippen LogP contribution in [0.3, 0.4) is 0 Å². The molecule has 0 saturated heterocycles. The second-order valence-corrected chi connectivity index (χ2v) is 9.32. The first-order valence-electron chi connectivity index (χ1n) is 9.35. The molecule has 3 rings (SSSR count). The summed E-state index contributed by atoms with van der Waals surface area (Å²) in [6.45, 7) is -0.185. The Morgan fingerprint density at radius 3 is 2.30 bits per heavy atom. The summed E-state index contributed by atoms with van der Waals surface area (Å²) in [5.41, 5.74) is 1.17. The van der Waals surface area contributed by atoms with Crippen LogP contribution < -0.4 is 5.32 Å². The van der Waals surface area contributed by atoms with Crippen molar-refractivity contribution in [2.24, 2.45) is 5.92 Å². The van der Waals surface area contributed by atoms with Crippen LogP contribution in [0.25, 0.3) is 5.57 Å². The number of rotatable bonds is 6. The summed E-state index contributed by atoms with van der Waals surface area (Å²) in [7, 11) is -3.41. The summed E-state index contributed by atoms with van der Waals surface area (Å²) in [5.74, 6) is -0.756. The number of aliphatic hydroxyl groups excluding tert-OH is 1. The highest BCUT2D eigenvalue weighted by Crippen LogP contribution is 2.34. The van der Waals surface area contributed by atoms with E-state index in [1.54, 1.807) is 6.07 Å². The van der Waals surface area contributed by atoms with Crippen molar-refractivity contribution < 1.29 is 27.1 Å². The van der Waals surface area contributed by atoms with Gasteiger partial charge in [-0.05, 0) is 48.1 Å². The molecule has 1 aliphatic carbocycles. The molecule has 1 amide bonds. The van der Waals surface area contributed by atoms with Crippen LogP contribution in [-0.4, -0.2) is 43.0 Å². The molecule has 0 unspecified atom stereocenters. The molecule has 0 bridgehead atoms. The molecule has 160 valence electrons. The Morgan fingerprint density at radius 1 is 1.17 bits per heavy atom. The number of benzene rings is 1. The number of halogens is 2. The van der Waals surface area contributed by atoms with Gasteiger partial charge in [0.15, 0.2) is 9.84 Å². The number of sulfone groups is 1. The molecule has 3 atom stereocenters. The van der Waals surface area contributed by atoms with Crippen LogP contribution in [0, 0.1) is 5.92 Å². The number of amides is 1. The molecule has 0 radical (unpaired) electrons. The summed E-state index contributed by atoms with van der Waals surface area (Å²) in [6, 6.07) is 8.86. The van der Waals surface area contributed by atoms with E-state index >= 15 is 0 Å². The molecule has 0 spiro atoms. The van der Waals surface area contributed by atoms with Gasteiger partial charge in [-0.2, -0.15) is 0 Å². The zero-order valence-corrected chi connectivity index (χ0v) is 17.1. The maximum atomic E-state index is 13.6. The Labute approximate surface area is 173 Å². The third kappa shape index (κ3) is 5.28. The van der Waals surface area contributed by atoms with Crippen LogP contribution in [0.15, 0.2) is 53.6 Å². The average molecular weight is 436 g/mol. The van der Waals surface area contributed by atoms with Gasteiger partial charge in [0.1, 0.15) is 18.2 Å². The minimum Gasteiger partial charge on any atom is -0.392 e. The van der Waals surface area contributed by atoms with Gasteiger partial charge in [0.2, 0.25) is 0 Å². The summed E-state index contributed by atoms with van der Waals surface area (Å²) >= 11 is 0. The number of carbonyl (C=O) groups excluding carboxylic acids is 1. The number of allylic oxidation sites excluding steroid dienone is 1. The van der Waals surface area contributed by atoms with Crippen LogP contribution in [-0.2, 0) is 21.2 Å². The SMILES string of the molecule is CS(=O)(=O)c1ccc(/C(=C\[C@H]2C[C@@H](F)[C@@H](F)C2)C(=O)Nc2ccc(CO)cn2)cc1. The van der Waals surface area contributed by atoms with Gasteiger partial charge in [0.05, 0.1) is 11.5 Å². The fourth-order valence-electron chi connectivity index (χ4n) is 3.30. The summed E-state index contributed by atoms with van der Waals surface area (Å²) in [4.78, 5) is 17.1. The van der Waals surface area contributed by atoms with Gasteiger partial charge in [0, 0.05) is 18.0 Å². The monoisotopic (exact) mass is 436 g/mol. The molecule has 6 nitrogen and oxygen atoms in total. The van der Waals surface area contributed by atoms with Gasteiger partial charge in [-0.1, -0.05) is 24.3 Å². The van der Waals surface area contributed by atoms with Crippen molar-refractivity contribution in [2.45, 2.75) is 36.7 Å². The summed E-state index contributed by atoms with van der Waals surface area (Å²) in [5, 5.41) is 11.7. The third-order valence-electron chi connectivity index (χ3n) is 4.94. The lowest BCUT2D eigenvalue weighted by molar-refractivity contribution is -0.111. The van der Waals surface area contributed by atoms with E-state index in [2.05, 4.69) is 10.3 Å². The van der Waals surface area contributed by atoms with E-state index in [4.69, 9.17) is 5.11 Å². The topological polar surface area (TPSA) is 96.4 Å². The van der Waals surface area contributed by atoms with E-state index < -0.39 is 34.0 Å². The largest absolute Gasteiger partial charge is 0.392 e. The number of anilines is 1. The number of aromatic nitrogens is 1. The Kier molecular flexibility index (Phi) is 6.62. The summed E-state index contributed by atoms with van der Waals surface area (Å²) in [6.07, 6.45) is 0.823. The Bertz CT molecular complexity index is 1030. The van der Waals surface area contributed by atoms with Crippen molar-refractivity contribution >= 4 is 27.1 Å². The zero-order valence-electron chi connectivity index (χ0n) is 16.3. The van der Waals surface area contributed by atoms with E-state index in [0.717, 1.165) is 6.26 Å². The molecule has 30 heavy (non-hydrogen) atoms. The van der Waals surface area contributed by atoms with Crippen molar-refractivity contribution in [2.75, 3.05) is 11.6 Å². The molecule has 0 aliphatic heterocycles. The second kappa shape index (κ2) is 9.01. The number of nitrogens with zero attached hydrogens (tertiary/aromatic N) is 1. The quantitative estimate of drug-likeness (QED) is 0.679. The van der Waals surface area contributed by atoms with E-state index in [1.165, 1.54) is 42.6 Å². The van der Waals surface area contributed by atoms with Crippen molar-refractivity contribution in [1.29, 1.82) is 0 Å². The van der Waals surface area contributed by atoms with Crippen LogP contribution in [0.4, 0.5) is 14.6 Å². The molecule has 1 fully saturated rings. The maximum absolute atomic E-state index is 13.6. The number of alkyl halides is 2. The van der Waals surface area contributed by atoms with Crippen LogP contribution in [0.5, 0.6) is 0 Å². The predicted molar refractivity (Wildman–Crippen MR) is 109 cm³/mol. The maximum Gasteiger partial charge on any atom is 0.257 e. The molecule has 1 aliphatic rings. The van der Waals surface area contributed by atoms with E-state index in [1.807, 2.05) is 0 Å². The Hall–Kier alpha value is -2.65. The highest BCUT2D eigenvalue weighted by atomic mass is 32.2. The first-order valence-corrected chi connectivity index (χ1v) is 11.2. The highest BCUT2D eigenvalue weighted by Gasteiger charge is 2.34. The van der Waals surface area contributed by atoms with E-state index in [0.29, 0.717) is 11.1 Å². The van der Waals surface area contributed by atoms with Crippen molar-refractivity contribution in [3.63, 3.8) is 0 Å². The standard InChI is InChI=1S/C21H22F2N2O4S/c1-30(28,29)16-5-3-15(4-6-16)17(8-14-9-18(22)19(23)10-14)21(27)25-20-7-2-13(12-26)11-24-20/h2-8,11,14,18-19,26H,9-10,12H2,1H3,(H,24,25,27)/b17-8+/t14-,18+,19-. The van der Waals surface area contributed by atoms with Gasteiger partial charge in [-0.25, -0.2) is 22.2 Å². The van der Waals surface area contributed by atoms with Crippen molar-refractivity contribution in [3.8, 4) is 0 Å². The molecule has 2 N–H and O–H groups in total. The fourth-order valence-corrected chi connectivity index (χ4v) is 3.93. The lowest BCUT2D eigenvalue weighted by Gasteiger charge is -2.12. The molecule has 1 heterocycles. The molecule has 1 saturated carbocycles. The molecule has 2 aromatic rings. The molecule has 1 aromatic carbocycles. The molecule has 9 heteroatoms. The first-order chi connectivity index (χ1) is 14.2. The van der Waals surface area contributed by atoms with Crippen LogP contribution >= 0.6 is 0 Å². The van der Waals surface area contributed by atoms with Gasteiger partial charge in [-0.3, -0.25) is 4.79 Å². The van der Waals surface area contributed by atoms with E-state index in [-0.39, 0.29) is 35.7 Å². The number of hydrogen-bond acceptors (Lipinski definition) is 5. The minimum atomic E-state index is -3.41. The fraction of sp³-hybridized carbons (Fsp3) is 0.333. The normalized spacial score (nSPS) is 22.1. The lowest BCUT2D eigenvalue weighted by atomic mass is 9.98. The zero-order chi connectivity index (χ0) is 21.9. The molecular formula is C21H22F2N2O4S. The molecular weight excluding hydrogens is 414 g/mol. The number of carbonyl (C=O) groups is 1. The summed E-state index contributed by atoms with van der Waals surface area (Å²) < 4.78 is 50.6. The van der Waals surface area contributed by atoms with Gasteiger partial charge >= 0.3 is 0 Å². The lowest BCUT2D eigenvalue weighted by Crippen LogP contribution is -2.16. The minimum absolute atomic E-state index is 0.0250. The second-order valence-electron chi connectivity index (χ2n) is 7.30. The van der Waals surface area contributed by atoms with Gasteiger partial charge in [-0.15, -0.1) is 0 Å². The Morgan fingerprint density at radius 2 is 1.80 bits per heavy atom. The van der Waals surface area contributed by atoms with Gasteiger partial charge < -0.3 is 10.4 Å². The van der Waals surface area contributed by atoms with Crippen LogP contribution in [0.1, 0.15) is 24.0 Å². The van der Waals surface area contributed by atoms with Gasteiger partial charge in [0.25, 0.3) is 5.91 Å². The van der Waals surface area contributed by atoms with Crippen molar-refractivity contribution in [1.82, 2.24) is 4.98 Å². The molecule has 1 aromatic heterocycles. The van der Waals surface area contributed by atoms with Crippen LogP contribution in [0.2, 0.25) is 0 Å². The highest BCUT2D eigenvalue weighted by molar-refractivity contribution is 7.90. The number of aliphatic hydroxyl groups is 1. The number of nitrogens with one attached hydrogen (secondary N) is 1. The number of hydrogen-bond donors (Lipinski definition) is 2. The first kappa shape index (κ1) is 22.0. The Balaban J connectivity index is 1.91. The average Bonchev–Trinajstić information content (AvgIpc) is 3.03. The van der Waals surface area contributed by atoms with Crippen molar-refractivity contribution in [3.05, 3.63) is 59.8 Å². The van der Waals surface area contributed by atoms with E-state index in [9.17, 15) is 22.0 Å². The third-order valence-corrected chi connectivity index (χ3v) is 6.07. The number of pyridine rings is 1. The smallest absolute Gasteiger partial charge is 0.257 e.